The first-order chi connectivity index (χ1) is 20.6. The molecule has 1 aliphatic rings. The number of nitrogens with zero attached hydrogens (tertiary/aromatic N) is 1. The Morgan fingerprint density at radius 2 is 1.02 bits per heavy atom. The molecule has 0 saturated heterocycles. The first kappa shape index (κ1) is 24.6. The predicted molar refractivity (Wildman–Crippen MR) is 179 cm³/mol. The number of anilines is 3. The lowest BCUT2D eigenvalue weighted by atomic mass is 9.81. The van der Waals surface area contributed by atoms with E-state index < -0.39 is 0 Å². The second kappa shape index (κ2) is 9.46. The summed E-state index contributed by atoms with van der Waals surface area (Å²) in [5.74, 6) is 0. The van der Waals surface area contributed by atoms with Crippen LogP contribution in [0.3, 0.4) is 0 Å². The zero-order valence-corrected chi connectivity index (χ0v) is 23.9. The largest absolute Gasteiger partial charge is 0.310 e. The van der Waals surface area contributed by atoms with Crippen LogP contribution in [-0.2, 0) is 5.41 Å². The van der Waals surface area contributed by atoms with Gasteiger partial charge in [0.1, 0.15) is 0 Å². The minimum absolute atomic E-state index is 0.126. The molecule has 1 heteroatoms. The van der Waals surface area contributed by atoms with E-state index in [9.17, 15) is 0 Å². The Hall–Kier alpha value is -5.14. The molecule has 0 atom stereocenters. The summed E-state index contributed by atoms with van der Waals surface area (Å²) in [6.45, 7) is 4.74. The molecule has 0 radical (unpaired) electrons. The topological polar surface area (TPSA) is 3.24 Å². The average molecular weight is 538 g/mol. The molecule has 0 heterocycles. The third kappa shape index (κ3) is 3.78. The number of benzene rings is 7. The highest BCUT2D eigenvalue weighted by atomic mass is 15.1. The molecule has 200 valence electrons. The molecule has 7 aromatic rings. The second-order valence-electron chi connectivity index (χ2n) is 11.8. The second-order valence-corrected chi connectivity index (χ2v) is 11.8. The van der Waals surface area contributed by atoms with Crippen LogP contribution in [0.15, 0.2) is 152 Å². The molecule has 7 aromatic carbocycles. The minimum Gasteiger partial charge on any atom is -0.310 e. The summed E-state index contributed by atoms with van der Waals surface area (Å²) >= 11 is 0. The first-order valence-corrected chi connectivity index (χ1v) is 14.7. The summed E-state index contributed by atoms with van der Waals surface area (Å²) in [5.41, 5.74) is 11.3. The van der Waals surface area contributed by atoms with Crippen LogP contribution in [0.2, 0.25) is 0 Å². The molecule has 0 unspecified atom stereocenters. The van der Waals surface area contributed by atoms with Crippen LogP contribution in [0.5, 0.6) is 0 Å². The van der Waals surface area contributed by atoms with Crippen molar-refractivity contribution in [3.05, 3.63) is 163 Å². The summed E-state index contributed by atoms with van der Waals surface area (Å²) in [4.78, 5) is 2.43. The van der Waals surface area contributed by atoms with Crippen LogP contribution < -0.4 is 4.90 Å². The molecule has 42 heavy (non-hydrogen) atoms. The van der Waals surface area contributed by atoms with Crippen LogP contribution in [0, 0.1) is 0 Å². The lowest BCUT2D eigenvalue weighted by molar-refractivity contribution is 0.660. The molecule has 1 nitrogen and oxygen atoms in total. The highest BCUT2D eigenvalue weighted by Gasteiger charge is 2.36. The average Bonchev–Trinajstić information content (AvgIpc) is 3.27. The monoisotopic (exact) mass is 537 g/mol. The third-order valence-corrected chi connectivity index (χ3v) is 9.03. The Kier molecular flexibility index (Phi) is 5.55. The van der Waals surface area contributed by atoms with Gasteiger partial charge in [-0.15, -0.1) is 0 Å². The van der Waals surface area contributed by atoms with Crippen LogP contribution in [-0.4, -0.2) is 0 Å². The van der Waals surface area contributed by atoms with Crippen LogP contribution in [0.25, 0.3) is 43.8 Å². The minimum atomic E-state index is -0.126. The zero-order chi connectivity index (χ0) is 28.3. The van der Waals surface area contributed by atoms with E-state index in [1.165, 1.54) is 66.3 Å². The van der Waals surface area contributed by atoms with Gasteiger partial charge in [-0.05, 0) is 85.9 Å². The van der Waals surface area contributed by atoms with Gasteiger partial charge in [0.15, 0.2) is 0 Å². The molecule has 0 amide bonds. The van der Waals surface area contributed by atoms with Crippen molar-refractivity contribution >= 4 is 38.6 Å². The van der Waals surface area contributed by atoms with Gasteiger partial charge in [0.25, 0.3) is 0 Å². The van der Waals surface area contributed by atoms with Gasteiger partial charge in [-0.3, -0.25) is 0 Å². The Morgan fingerprint density at radius 1 is 0.429 bits per heavy atom. The van der Waals surface area contributed by atoms with Crippen LogP contribution in [0.4, 0.5) is 17.1 Å². The Morgan fingerprint density at radius 3 is 1.79 bits per heavy atom. The third-order valence-electron chi connectivity index (χ3n) is 9.03. The van der Waals surface area contributed by atoms with E-state index in [0.717, 1.165) is 5.69 Å². The zero-order valence-electron chi connectivity index (χ0n) is 23.9. The lowest BCUT2D eigenvalue weighted by Gasteiger charge is -2.29. The number of rotatable bonds is 4. The molecule has 8 rings (SSSR count). The summed E-state index contributed by atoms with van der Waals surface area (Å²) in [5, 5.41) is 5.04. The lowest BCUT2D eigenvalue weighted by Crippen LogP contribution is -2.17. The van der Waals surface area contributed by atoms with Crippen molar-refractivity contribution in [2.45, 2.75) is 19.3 Å². The van der Waals surface area contributed by atoms with Gasteiger partial charge in [0.2, 0.25) is 0 Å². The first-order valence-electron chi connectivity index (χ1n) is 14.7. The van der Waals surface area contributed by atoms with E-state index in [4.69, 9.17) is 0 Å². The van der Waals surface area contributed by atoms with Crippen molar-refractivity contribution in [1.82, 2.24) is 0 Å². The van der Waals surface area contributed by atoms with Gasteiger partial charge in [-0.25, -0.2) is 0 Å². The molecule has 0 bridgehead atoms. The molecule has 1 aliphatic carbocycles. The van der Waals surface area contributed by atoms with Gasteiger partial charge in [0, 0.05) is 22.2 Å². The summed E-state index contributed by atoms with van der Waals surface area (Å²) in [6.07, 6.45) is 0. The van der Waals surface area contributed by atoms with E-state index in [-0.39, 0.29) is 5.41 Å². The van der Waals surface area contributed by atoms with Crippen LogP contribution >= 0.6 is 0 Å². The standard InChI is InChI=1S/C41H31N/c1-41(2)38-25-29(28-13-5-3-6-14-28)21-23-35(38)36-24-22-32(27-39(36)41)42(31-16-7-4-8-17-31)40-26-30-15-9-10-18-33(30)34-19-11-12-20-37(34)40/h3-27H,1-2H3. The fourth-order valence-electron chi connectivity index (χ4n) is 6.90. The van der Waals surface area contributed by atoms with Gasteiger partial charge in [-0.1, -0.05) is 129 Å². The van der Waals surface area contributed by atoms with E-state index in [1.54, 1.807) is 0 Å². The smallest absolute Gasteiger partial charge is 0.0546 e. The normalized spacial score (nSPS) is 13.2. The van der Waals surface area contributed by atoms with Crippen molar-refractivity contribution in [1.29, 1.82) is 0 Å². The Labute approximate surface area is 247 Å². The van der Waals surface area contributed by atoms with Gasteiger partial charge in [-0.2, -0.15) is 0 Å². The van der Waals surface area contributed by atoms with Crippen molar-refractivity contribution in [3.8, 4) is 22.3 Å². The summed E-state index contributed by atoms with van der Waals surface area (Å²) in [7, 11) is 0. The molecular weight excluding hydrogens is 506 g/mol. The van der Waals surface area contributed by atoms with E-state index >= 15 is 0 Å². The van der Waals surface area contributed by atoms with Gasteiger partial charge >= 0.3 is 0 Å². The predicted octanol–water partition coefficient (Wildman–Crippen LogP) is 11.4. The maximum Gasteiger partial charge on any atom is 0.0546 e. The quantitative estimate of drug-likeness (QED) is 0.202. The fraction of sp³-hybridized carbons (Fsp3) is 0.0732. The van der Waals surface area contributed by atoms with Crippen molar-refractivity contribution in [2.75, 3.05) is 4.90 Å². The summed E-state index contributed by atoms with van der Waals surface area (Å²) in [6, 6.07) is 55.4. The number of fused-ring (bicyclic) bond motifs is 6. The molecular formula is C41H31N. The molecule has 0 spiro atoms. The maximum atomic E-state index is 2.43. The molecule has 0 aromatic heterocycles. The molecule has 0 saturated carbocycles. The van der Waals surface area contributed by atoms with Crippen LogP contribution in [0.1, 0.15) is 25.0 Å². The van der Waals surface area contributed by atoms with E-state index in [0.29, 0.717) is 0 Å². The number of hydrogen-bond acceptors (Lipinski definition) is 1. The number of para-hydroxylation sites is 1. The molecule has 0 N–H and O–H groups in total. The molecule has 0 aliphatic heterocycles. The van der Waals surface area contributed by atoms with Crippen molar-refractivity contribution < 1.29 is 0 Å². The Bertz CT molecular complexity index is 2110. The summed E-state index contributed by atoms with van der Waals surface area (Å²) < 4.78 is 0. The highest BCUT2D eigenvalue weighted by Crippen LogP contribution is 2.52. The fourth-order valence-corrected chi connectivity index (χ4v) is 6.90. The highest BCUT2D eigenvalue weighted by molar-refractivity contribution is 6.14. The van der Waals surface area contributed by atoms with Crippen molar-refractivity contribution in [3.63, 3.8) is 0 Å². The van der Waals surface area contributed by atoms with E-state index in [1.807, 2.05) is 0 Å². The van der Waals surface area contributed by atoms with Gasteiger partial charge in [0.05, 0.1) is 5.69 Å². The van der Waals surface area contributed by atoms with Gasteiger partial charge < -0.3 is 4.90 Å². The van der Waals surface area contributed by atoms with E-state index in [2.05, 4.69) is 170 Å². The maximum absolute atomic E-state index is 2.43. The SMILES string of the molecule is CC1(C)c2cc(-c3ccccc3)ccc2-c2ccc(N(c3ccccc3)c3cc4ccccc4c4ccccc34)cc21. The number of hydrogen-bond donors (Lipinski definition) is 0. The van der Waals surface area contributed by atoms with Crippen molar-refractivity contribution in [2.24, 2.45) is 0 Å². The Balaban J connectivity index is 1.33. The molecule has 0 fully saturated rings.